The van der Waals surface area contributed by atoms with E-state index in [1.54, 1.807) is 13.0 Å². The number of benzene rings is 1. The summed E-state index contributed by atoms with van der Waals surface area (Å²) in [6.45, 7) is 1.80. The molecule has 0 aliphatic rings. The van der Waals surface area contributed by atoms with Gasteiger partial charge in [-0.25, -0.2) is 4.39 Å². The minimum absolute atomic E-state index is 0.116. The number of rotatable bonds is 3. The molecule has 74 valence electrons. The number of halogens is 2. The highest BCUT2D eigenvalue weighted by molar-refractivity contribution is 6.33. The summed E-state index contributed by atoms with van der Waals surface area (Å²) in [5.41, 5.74) is 0.261. The van der Waals surface area contributed by atoms with Crippen molar-refractivity contribution in [1.29, 1.82) is 5.26 Å². The smallest absolute Gasteiger partial charge is 0.147 e. The molecule has 0 bridgehead atoms. The van der Waals surface area contributed by atoms with Crippen molar-refractivity contribution in [2.75, 3.05) is 5.32 Å². The zero-order valence-electron chi connectivity index (χ0n) is 7.72. The maximum absolute atomic E-state index is 13.2. The van der Waals surface area contributed by atoms with Crippen LogP contribution in [0.5, 0.6) is 0 Å². The van der Waals surface area contributed by atoms with Crippen LogP contribution in [-0.2, 0) is 0 Å². The third-order valence-corrected chi connectivity index (χ3v) is 2.07. The molecule has 0 saturated heterocycles. The van der Waals surface area contributed by atoms with Gasteiger partial charge < -0.3 is 5.32 Å². The quantitative estimate of drug-likeness (QED) is 0.835. The molecule has 1 rings (SSSR count). The molecule has 0 fully saturated rings. The van der Waals surface area contributed by atoms with Gasteiger partial charge in [-0.3, -0.25) is 0 Å². The number of nitrogens with one attached hydrogen (secondary N) is 1. The molecule has 0 amide bonds. The normalized spacial score (nSPS) is 11.9. The Morgan fingerprint density at radius 3 is 2.93 bits per heavy atom. The molecule has 1 N–H and O–H groups in total. The van der Waals surface area contributed by atoms with Crippen LogP contribution in [-0.4, -0.2) is 6.04 Å². The van der Waals surface area contributed by atoms with E-state index in [4.69, 9.17) is 16.9 Å². The Kier molecular flexibility index (Phi) is 3.73. The molecule has 0 saturated carbocycles. The van der Waals surface area contributed by atoms with Gasteiger partial charge in [0.2, 0.25) is 0 Å². The summed E-state index contributed by atoms with van der Waals surface area (Å²) < 4.78 is 13.2. The molecule has 2 nitrogen and oxygen atoms in total. The highest BCUT2D eigenvalue weighted by Gasteiger charge is 2.09. The summed E-state index contributed by atoms with van der Waals surface area (Å²) in [6.07, 6.45) is 0.310. The van der Waals surface area contributed by atoms with Crippen molar-refractivity contribution in [3.05, 3.63) is 29.0 Å². The molecule has 14 heavy (non-hydrogen) atoms. The van der Waals surface area contributed by atoms with E-state index in [9.17, 15) is 4.39 Å². The molecule has 1 aromatic rings. The van der Waals surface area contributed by atoms with Gasteiger partial charge >= 0.3 is 0 Å². The van der Waals surface area contributed by atoms with E-state index in [1.807, 2.05) is 6.07 Å². The number of hydrogen-bond acceptors (Lipinski definition) is 2. The van der Waals surface area contributed by atoms with Crippen LogP contribution in [0, 0.1) is 17.1 Å². The SMILES string of the molecule is CC(CC#N)Nc1c(F)cccc1Cl. The zero-order chi connectivity index (χ0) is 10.6. The summed E-state index contributed by atoms with van der Waals surface area (Å²) in [4.78, 5) is 0. The van der Waals surface area contributed by atoms with E-state index in [0.717, 1.165) is 0 Å². The fourth-order valence-corrected chi connectivity index (χ4v) is 1.29. The molecule has 0 spiro atoms. The molecule has 0 heterocycles. The maximum Gasteiger partial charge on any atom is 0.147 e. The largest absolute Gasteiger partial charge is 0.378 e. The van der Waals surface area contributed by atoms with Crippen LogP contribution in [0.25, 0.3) is 0 Å². The lowest BCUT2D eigenvalue weighted by atomic mass is 10.2. The van der Waals surface area contributed by atoms with Gasteiger partial charge in [0.25, 0.3) is 0 Å². The summed E-state index contributed by atoms with van der Waals surface area (Å²) in [6, 6.07) is 6.35. The first-order valence-electron chi connectivity index (χ1n) is 4.22. The molecule has 1 aromatic carbocycles. The number of nitrogens with zero attached hydrogens (tertiary/aromatic N) is 1. The van der Waals surface area contributed by atoms with Crippen LogP contribution in [0.4, 0.5) is 10.1 Å². The van der Waals surface area contributed by atoms with Crippen LogP contribution in [0.2, 0.25) is 5.02 Å². The van der Waals surface area contributed by atoms with E-state index in [0.29, 0.717) is 11.4 Å². The molecular formula is C10H10ClFN2. The van der Waals surface area contributed by atoms with Crippen molar-refractivity contribution in [2.45, 2.75) is 19.4 Å². The van der Waals surface area contributed by atoms with Gasteiger partial charge in [-0.15, -0.1) is 0 Å². The Balaban J connectivity index is 2.81. The second kappa shape index (κ2) is 4.83. The zero-order valence-corrected chi connectivity index (χ0v) is 8.48. The highest BCUT2D eigenvalue weighted by atomic mass is 35.5. The van der Waals surface area contributed by atoms with Crippen molar-refractivity contribution in [3.8, 4) is 6.07 Å². The van der Waals surface area contributed by atoms with E-state index in [-0.39, 0.29) is 11.7 Å². The van der Waals surface area contributed by atoms with Gasteiger partial charge in [0, 0.05) is 6.04 Å². The van der Waals surface area contributed by atoms with Crippen molar-refractivity contribution < 1.29 is 4.39 Å². The second-order valence-electron chi connectivity index (χ2n) is 3.00. The van der Waals surface area contributed by atoms with Crippen LogP contribution in [0.1, 0.15) is 13.3 Å². The second-order valence-corrected chi connectivity index (χ2v) is 3.41. The van der Waals surface area contributed by atoms with Gasteiger partial charge in [-0.2, -0.15) is 5.26 Å². The third kappa shape index (κ3) is 2.61. The lowest BCUT2D eigenvalue weighted by molar-refractivity contribution is 0.626. The van der Waals surface area contributed by atoms with E-state index >= 15 is 0 Å². The molecule has 0 aliphatic heterocycles. The van der Waals surface area contributed by atoms with Crippen LogP contribution in [0.15, 0.2) is 18.2 Å². The standard InChI is InChI=1S/C10H10ClFN2/c1-7(5-6-13)14-10-8(11)3-2-4-9(10)12/h2-4,7,14H,5H2,1H3. The van der Waals surface area contributed by atoms with Gasteiger partial charge in [-0.05, 0) is 19.1 Å². The lowest BCUT2D eigenvalue weighted by Crippen LogP contribution is -2.15. The summed E-state index contributed by atoms with van der Waals surface area (Å²) in [7, 11) is 0. The molecule has 0 radical (unpaired) electrons. The number of nitriles is 1. The van der Waals surface area contributed by atoms with Gasteiger partial charge in [-0.1, -0.05) is 17.7 Å². The molecule has 1 atom stereocenters. The van der Waals surface area contributed by atoms with Crippen LogP contribution in [0.3, 0.4) is 0 Å². The predicted octanol–water partition coefficient (Wildman–Crippen LogP) is 3.19. The molecule has 0 aliphatic carbocycles. The van der Waals surface area contributed by atoms with E-state index < -0.39 is 5.82 Å². The first kappa shape index (κ1) is 10.8. The molecular weight excluding hydrogens is 203 g/mol. The maximum atomic E-state index is 13.2. The summed E-state index contributed by atoms with van der Waals surface area (Å²) in [5, 5.41) is 11.6. The average molecular weight is 213 g/mol. The highest BCUT2D eigenvalue weighted by Crippen LogP contribution is 2.25. The number of para-hydroxylation sites is 1. The van der Waals surface area contributed by atoms with Gasteiger partial charge in [0.05, 0.1) is 23.2 Å². The van der Waals surface area contributed by atoms with E-state index in [2.05, 4.69) is 5.32 Å². The number of anilines is 1. The van der Waals surface area contributed by atoms with Gasteiger partial charge in [0.1, 0.15) is 5.82 Å². The fraction of sp³-hybridized carbons (Fsp3) is 0.300. The monoisotopic (exact) mass is 212 g/mol. The van der Waals surface area contributed by atoms with Gasteiger partial charge in [0.15, 0.2) is 0 Å². The Labute approximate surface area is 87.3 Å². The van der Waals surface area contributed by atoms with Crippen molar-refractivity contribution in [2.24, 2.45) is 0 Å². The Morgan fingerprint density at radius 1 is 1.64 bits per heavy atom. The first-order chi connectivity index (χ1) is 6.65. The first-order valence-corrected chi connectivity index (χ1v) is 4.60. The predicted molar refractivity (Wildman–Crippen MR) is 54.7 cm³/mol. The topological polar surface area (TPSA) is 35.8 Å². The molecule has 0 aromatic heterocycles. The average Bonchev–Trinajstić information content (AvgIpc) is 2.12. The Hall–Kier alpha value is -1.27. The summed E-state index contributed by atoms with van der Waals surface area (Å²) >= 11 is 5.79. The van der Waals surface area contributed by atoms with E-state index in [1.165, 1.54) is 12.1 Å². The lowest BCUT2D eigenvalue weighted by Gasteiger charge is -2.13. The Bertz CT molecular complexity index is 339. The fourth-order valence-electron chi connectivity index (χ4n) is 1.07. The summed E-state index contributed by atoms with van der Waals surface area (Å²) in [5.74, 6) is -0.401. The van der Waals surface area contributed by atoms with Crippen molar-refractivity contribution in [1.82, 2.24) is 0 Å². The minimum Gasteiger partial charge on any atom is -0.378 e. The minimum atomic E-state index is -0.401. The van der Waals surface area contributed by atoms with Crippen molar-refractivity contribution in [3.63, 3.8) is 0 Å². The molecule has 1 unspecified atom stereocenters. The van der Waals surface area contributed by atoms with Crippen LogP contribution >= 0.6 is 11.6 Å². The molecule has 4 heteroatoms. The Morgan fingerprint density at radius 2 is 2.36 bits per heavy atom. The third-order valence-electron chi connectivity index (χ3n) is 1.75. The number of hydrogen-bond donors (Lipinski definition) is 1. The van der Waals surface area contributed by atoms with Crippen LogP contribution < -0.4 is 5.32 Å². The van der Waals surface area contributed by atoms with Crippen molar-refractivity contribution >= 4 is 17.3 Å².